The van der Waals surface area contributed by atoms with E-state index in [-0.39, 0.29) is 11.5 Å². The fourth-order valence-electron chi connectivity index (χ4n) is 3.14. The van der Waals surface area contributed by atoms with E-state index in [9.17, 15) is 9.59 Å². The summed E-state index contributed by atoms with van der Waals surface area (Å²) in [6.07, 6.45) is 10.6. The van der Waals surface area contributed by atoms with Gasteiger partial charge in [-0.1, -0.05) is 13.5 Å². The van der Waals surface area contributed by atoms with Crippen molar-refractivity contribution in [3.63, 3.8) is 0 Å². The Morgan fingerprint density at radius 1 is 1.37 bits per heavy atom. The lowest BCUT2D eigenvalue weighted by Crippen LogP contribution is -2.44. The van der Waals surface area contributed by atoms with Gasteiger partial charge in [0, 0.05) is 31.9 Å². The van der Waals surface area contributed by atoms with E-state index in [1.54, 1.807) is 38.8 Å². The molecule has 27 heavy (non-hydrogen) atoms. The minimum absolute atomic E-state index is 0.0434. The van der Waals surface area contributed by atoms with E-state index < -0.39 is 0 Å². The summed E-state index contributed by atoms with van der Waals surface area (Å²) in [5.41, 5.74) is 1.94. The molecule has 0 aromatic carbocycles. The number of nitrogens with zero attached hydrogens (tertiary/aromatic N) is 5. The van der Waals surface area contributed by atoms with Crippen LogP contribution in [0.15, 0.2) is 48.3 Å². The number of nitrogens with one attached hydrogen (secondary N) is 1. The molecular weight excluding hydrogens is 344 g/mol. The van der Waals surface area contributed by atoms with Crippen LogP contribution in [-0.2, 0) is 11.8 Å². The molecule has 1 fully saturated rings. The highest BCUT2D eigenvalue weighted by molar-refractivity contribution is 5.87. The maximum atomic E-state index is 11.7. The topological polar surface area (TPSA) is 88.3 Å². The summed E-state index contributed by atoms with van der Waals surface area (Å²) in [4.78, 5) is 27.3. The molecule has 0 aliphatic heterocycles. The summed E-state index contributed by atoms with van der Waals surface area (Å²) in [7, 11) is 3.68. The molecule has 0 spiro atoms. The Morgan fingerprint density at radius 2 is 2.11 bits per heavy atom. The Kier molecular flexibility index (Phi) is 5.25. The van der Waals surface area contributed by atoms with Crippen molar-refractivity contribution >= 4 is 11.4 Å². The van der Waals surface area contributed by atoms with Crippen LogP contribution in [0.1, 0.15) is 19.8 Å². The van der Waals surface area contributed by atoms with Crippen LogP contribution in [0.25, 0.3) is 16.8 Å². The van der Waals surface area contributed by atoms with E-state index >= 15 is 0 Å². The number of aromatic nitrogens is 5. The number of aromatic amines is 1. The molecule has 1 saturated carbocycles. The highest BCUT2D eigenvalue weighted by atomic mass is 16.2. The third kappa shape index (κ3) is 3.99. The van der Waals surface area contributed by atoms with Crippen molar-refractivity contribution in [1.29, 1.82) is 0 Å². The monoisotopic (exact) mass is 368 g/mol. The van der Waals surface area contributed by atoms with Gasteiger partial charge in [0.25, 0.3) is 5.56 Å². The molecule has 142 valence electrons. The number of aryl methyl sites for hydroxylation is 1. The fourth-order valence-corrected chi connectivity index (χ4v) is 3.14. The van der Waals surface area contributed by atoms with Crippen LogP contribution in [0.2, 0.25) is 0 Å². The van der Waals surface area contributed by atoms with Gasteiger partial charge in [-0.05, 0) is 30.9 Å². The lowest BCUT2D eigenvalue weighted by molar-refractivity contribution is -0.129. The van der Waals surface area contributed by atoms with Crippen LogP contribution in [0, 0.1) is 5.92 Å². The second-order valence-corrected chi connectivity index (χ2v) is 6.94. The largest absolute Gasteiger partial charge is 0.339 e. The van der Waals surface area contributed by atoms with E-state index in [0.717, 1.165) is 24.3 Å². The smallest absolute Gasteiger partial charge is 0.274 e. The van der Waals surface area contributed by atoms with Gasteiger partial charge in [0.05, 0.1) is 24.3 Å². The molecule has 0 radical (unpaired) electrons. The first-order valence-corrected chi connectivity index (χ1v) is 8.84. The number of likely N-dealkylation sites (N-methyl/N-ethyl adjacent to an activating group) is 1. The van der Waals surface area contributed by atoms with E-state index in [0.29, 0.717) is 17.3 Å². The summed E-state index contributed by atoms with van der Waals surface area (Å²) in [6, 6.07) is 2.14. The van der Waals surface area contributed by atoms with Crippen molar-refractivity contribution in [2.45, 2.75) is 25.8 Å². The van der Waals surface area contributed by atoms with E-state index in [2.05, 4.69) is 28.7 Å². The third-order valence-electron chi connectivity index (χ3n) is 4.84. The zero-order valence-corrected chi connectivity index (χ0v) is 15.8. The number of carbonyl (C=O) groups excluding carboxylic acids is 1. The van der Waals surface area contributed by atoms with Crippen molar-refractivity contribution in [2.24, 2.45) is 13.0 Å². The van der Waals surface area contributed by atoms with Crippen LogP contribution in [0.4, 0.5) is 0 Å². The van der Waals surface area contributed by atoms with Crippen LogP contribution < -0.4 is 5.56 Å². The predicted molar refractivity (Wildman–Crippen MR) is 103 cm³/mol. The van der Waals surface area contributed by atoms with Crippen molar-refractivity contribution in [1.82, 2.24) is 29.3 Å². The van der Waals surface area contributed by atoms with Crippen molar-refractivity contribution in [2.75, 3.05) is 7.05 Å². The summed E-state index contributed by atoms with van der Waals surface area (Å²) in [5, 5.41) is 8.10. The molecule has 4 rings (SSSR count). The van der Waals surface area contributed by atoms with Gasteiger partial charge in [-0.3, -0.25) is 14.3 Å². The number of H-pyrrole nitrogens is 1. The average molecular weight is 368 g/mol. The van der Waals surface area contributed by atoms with Crippen molar-refractivity contribution < 1.29 is 4.79 Å². The average Bonchev–Trinajstić information content (AvgIpc) is 3.27. The van der Waals surface area contributed by atoms with Gasteiger partial charge in [-0.25, -0.2) is 4.52 Å². The minimum atomic E-state index is -0.154. The lowest BCUT2D eigenvalue weighted by Gasteiger charge is -2.39. The first-order valence-electron chi connectivity index (χ1n) is 8.84. The first-order chi connectivity index (χ1) is 12.9. The molecule has 1 N–H and O–H groups in total. The molecule has 1 amide bonds. The molecule has 0 unspecified atom stereocenters. The lowest BCUT2D eigenvalue weighted by atomic mass is 9.81. The number of hydrogen-bond donors (Lipinski definition) is 1. The Bertz CT molecular complexity index is 1010. The van der Waals surface area contributed by atoms with Crippen molar-refractivity contribution in [3.8, 4) is 11.3 Å². The zero-order chi connectivity index (χ0) is 19.6. The molecule has 3 aromatic heterocycles. The summed E-state index contributed by atoms with van der Waals surface area (Å²) < 4.78 is 3.24. The maximum Gasteiger partial charge on any atom is 0.274 e. The van der Waals surface area contributed by atoms with Gasteiger partial charge in [0.2, 0.25) is 5.91 Å². The van der Waals surface area contributed by atoms with E-state index in [4.69, 9.17) is 0 Å². The second kappa shape index (κ2) is 7.61. The van der Waals surface area contributed by atoms with E-state index in [1.165, 1.54) is 6.08 Å². The van der Waals surface area contributed by atoms with Crippen LogP contribution >= 0.6 is 0 Å². The minimum Gasteiger partial charge on any atom is -0.339 e. The van der Waals surface area contributed by atoms with Gasteiger partial charge in [-0.15, -0.1) is 0 Å². The Labute approximate surface area is 157 Å². The van der Waals surface area contributed by atoms with Gasteiger partial charge in [-0.2, -0.15) is 10.2 Å². The molecule has 8 nitrogen and oxygen atoms in total. The molecule has 0 bridgehead atoms. The van der Waals surface area contributed by atoms with Crippen LogP contribution in [0.5, 0.6) is 0 Å². The van der Waals surface area contributed by atoms with Gasteiger partial charge >= 0.3 is 0 Å². The number of rotatable bonds is 3. The molecule has 0 saturated heterocycles. The molecule has 1 aliphatic carbocycles. The van der Waals surface area contributed by atoms with Gasteiger partial charge in [0.15, 0.2) is 0 Å². The molecule has 8 heteroatoms. The molecule has 3 heterocycles. The highest BCUT2D eigenvalue weighted by Gasteiger charge is 2.30. The first kappa shape index (κ1) is 18.6. The summed E-state index contributed by atoms with van der Waals surface area (Å²) in [5.74, 6) is 0.835. The Hall–Kier alpha value is -3.16. The number of amides is 1. The van der Waals surface area contributed by atoms with Crippen LogP contribution in [0.3, 0.4) is 0 Å². The van der Waals surface area contributed by atoms with E-state index in [1.807, 2.05) is 20.3 Å². The third-order valence-corrected chi connectivity index (χ3v) is 4.84. The molecule has 0 atom stereocenters. The molecule has 3 aromatic rings. The summed E-state index contributed by atoms with van der Waals surface area (Å²) in [6.45, 7) is 5.66. The van der Waals surface area contributed by atoms with Gasteiger partial charge in [0.1, 0.15) is 5.52 Å². The number of fused-ring (bicyclic) bond motifs is 1. The normalized spacial score (nSPS) is 18.3. The van der Waals surface area contributed by atoms with Gasteiger partial charge < -0.3 is 9.88 Å². The molecule has 1 aliphatic rings. The number of hydrogen-bond acceptors (Lipinski definition) is 4. The summed E-state index contributed by atoms with van der Waals surface area (Å²) >= 11 is 0. The quantitative estimate of drug-likeness (QED) is 0.715. The Morgan fingerprint density at radius 3 is 2.70 bits per heavy atom. The molecular formula is C19H24N6O2. The Balaban J connectivity index is 0.000000168. The van der Waals surface area contributed by atoms with Crippen molar-refractivity contribution in [3.05, 3.63) is 53.9 Å². The fraction of sp³-hybridized carbons (Fsp3) is 0.368. The maximum absolute atomic E-state index is 11.7. The van der Waals surface area contributed by atoms with Crippen LogP contribution in [-0.4, -0.2) is 48.3 Å². The highest BCUT2D eigenvalue weighted by Crippen LogP contribution is 2.30. The number of carbonyl (C=O) groups is 1. The SMILES string of the molecule is C=CC(=O)N(C)C1CC(C)C1.Cn1cc(-c2cn3nccc3c(=O)[nH]2)cn1. The zero-order valence-electron chi connectivity index (χ0n) is 15.8. The predicted octanol–water partition coefficient (Wildman–Crippen LogP) is 1.85. The second-order valence-electron chi connectivity index (χ2n) is 6.94. The standard InChI is InChI=1S/C10H9N5O.C9H15NO/c1-14-5-7(4-12-14)8-6-15-9(2-3-11-15)10(16)13-8;1-4-9(11)10(3)8-5-7(2)6-8/h2-6H,1H3,(H,13,16);4,7-8H,1,5-6H2,2-3H3.